The number of allylic oxidation sites excluding steroid dienone is 1. The number of hydrogen-bond acceptors (Lipinski definition) is 3. The number of nitrogens with zero attached hydrogens (tertiary/aromatic N) is 1. The number of carbonyl (C=O) groups excluding carboxylic acids is 2. The van der Waals surface area contributed by atoms with Crippen LogP contribution in [0.2, 0.25) is 0 Å². The molecule has 0 saturated heterocycles. The fourth-order valence-electron chi connectivity index (χ4n) is 4.56. The minimum atomic E-state index is -0.519. The molecule has 1 aliphatic heterocycles. The van der Waals surface area contributed by atoms with E-state index in [0.717, 1.165) is 22.5 Å². The molecule has 3 aromatic rings. The predicted octanol–water partition coefficient (Wildman–Crippen LogP) is 5.71. The molecule has 1 heterocycles. The van der Waals surface area contributed by atoms with Gasteiger partial charge in [-0.05, 0) is 38.0 Å². The van der Waals surface area contributed by atoms with Gasteiger partial charge in [0, 0.05) is 28.4 Å². The average molecular weight is 396 g/mol. The summed E-state index contributed by atoms with van der Waals surface area (Å²) in [6.45, 7) is 5.59. The van der Waals surface area contributed by atoms with Crippen LogP contribution < -0.4 is 4.90 Å². The van der Waals surface area contributed by atoms with Crippen molar-refractivity contribution in [2.75, 3.05) is 4.90 Å². The zero-order valence-corrected chi connectivity index (χ0v) is 17.5. The highest BCUT2D eigenvalue weighted by Gasteiger charge is 2.46. The van der Waals surface area contributed by atoms with Crippen molar-refractivity contribution >= 4 is 17.3 Å². The van der Waals surface area contributed by atoms with E-state index in [4.69, 9.17) is 0 Å². The number of carbonyl (C=O) groups is 2. The molecule has 3 heteroatoms. The first-order valence-electron chi connectivity index (χ1n) is 10.2. The number of Topliss-reactive ketones (excluding diaryl/α,β-unsaturated/α-hetero) is 2. The van der Waals surface area contributed by atoms with E-state index in [1.54, 1.807) is 6.92 Å². The van der Waals surface area contributed by atoms with Crippen LogP contribution in [0.3, 0.4) is 0 Å². The first-order chi connectivity index (χ1) is 14.5. The summed E-state index contributed by atoms with van der Waals surface area (Å²) in [7, 11) is 0. The van der Waals surface area contributed by atoms with Crippen LogP contribution in [0.15, 0.2) is 96.2 Å². The van der Waals surface area contributed by atoms with Gasteiger partial charge in [-0.3, -0.25) is 9.59 Å². The van der Waals surface area contributed by atoms with E-state index >= 15 is 0 Å². The molecule has 4 rings (SSSR count). The lowest BCUT2D eigenvalue weighted by molar-refractivity contribution is -0.113. The summed E-state index contributed by atoms with van der Waals surface area (Å²) in [6, 6.07) is 26.8. The summed E-state index contributed by atoms with van der Waals surface area (Å²) < 4.78 is 0. The first-order valence-corrected chi connectivity index (χ1v) is 10.2. The average Bonchev–Trinajstić information content (AvgIpc) is 3.08. The summed E-state index contributed by atoms with van der Waals surface area (Å²) >= 11 is 0. The van der Waals surface area contributed by atoms with E-state index in [9.17, 15) is 9.59 Å². The third kappa shape index (κ3) is 3.37. The second-order valence-electron chi connectivity index (χ2n) is 7.78. The van der Waals surface area contributed by atoms with Crippen molar-refractivity contribution in [2.45, 2.75) is 32.7 Å². The van der Waals surface area contributed by atoms with Crippen LogP contribution in [0.25, 0.3) is 0 Å². The Morgan fingerprint density at radius 2 is 1.33 bits per heavy atom. The van der Waals surface area contributed by atoms with Crippen molar-refractivity contribution in [2.24, 2.45) is 0 Å². The highest BCUT2D eigenvalue weighted by atomic mass is 16.1. The molecular formula is C27H25NO2. The molecule has 150 valence electrons. The molecule has 0 aliphatic carbocycles. The predicted molar refractivity (Wildman–Crippen MR) is 121 cm³/mol. The number of para-hydroxylation sites is 1. The van der Waals surface area contributed by atoms with Crippen LogP contribution in [-0.4, -0.2) is 17.6 Å². The van der Waals surface area contributed by atoms with E-state index in [2.05, 4.69) is 4.90 Å². The lowest BCUT2D eigenvalue weighted by Crippen LogP contribution is -2.40. The van der Waals surface area contributed by atoms with Crippen LogP contribution in [0.5, 0.6) is 0 Å². The number of hydrogen-bond donors (Lipinski definition) is 0. The molecule has 1 aliphatic rings. The summed E-state index contributed by atoms with van der Waals surface area (Å²) in [4.78, 5) is 28.7. The highest BCUT2D eigenvalue weighted by molar-refractivity contribution is 6.08. The summed E-state index contributed by atoms with van der Waals surface area (Å²) in [6.07, 6.45) is 0. The number of anilines is 1. The normalized spacial score (nSPS) is 18.6. The standard InChI is InChI=1S/C27H25NO2/c1-18-12-10-11-17-23(18)28-19(2)24(20(3)29)25(21-13-6-4-7-14-21)26(28)27(30)22-15-8-5-9-16-22/h4-17,25-26H,1-3H3. The lowest BCUT2D eigenvalue weighted by atomic mass is 9.82. The van der Waals surface area contributed by atoms with E-state index in [1.165, 1.54) is 0 Å². The van der Waals surface area contributed by atoms with Gasteiger partial charge in [0.1, 0.15) is 6.04 Å². The number of benzene rings is 3. The van der Waals surface area contributed by atoms with Crippen LogP contribution in [-0.2, 0) is 4.79 Å². The van der Waals surface area contributed by atoms with Crippen LogP contribution in [0.1, 0.15) is 41.3 Å². The summed E-state index contributed by atoms with van der Waals surface area (Å²) in [5, 5.41) is 0. The maximum atomic E-state index is 13.9. The molecule has 30 heavy (non-hydrogen) atoms. The van der Waals surface area contributed by atoms with Gasteiger partial charge < -0.3 is 4.90 Å². The van der Waals surface area contributed by atoms with Gasteiger partial charge in [-0.1, -0.05) is 78.9 Å². The number of ketones is 2. The minimum absolute atomic E-state index is 0.00305. The molecule has 3 aromatic carbocycles. The second-order valence-corrected chi connectivity index (χ2v) is 7.78. The first kappa shape index (κ1) is 19.8. The minimum Gasteiger partial charge on any atom is -0.333 e. The van der Waals surface area contributed by atoms with Crippen molar-refractivity contribution in [1.82, 2.24) is 0 Å². The van der Waals surface area contributed by atoms with Gasteiger partial charge >= 0.3 is 0 Å². The van der Waals surface area contributed by atoms with E-state index in [1.807, 2.05) is 98.8 Å². The largest absolute Gasteiger partial charge is 0.333 e. The Bertz CT molecular complexity index is 1120. The van der Waals surface area contributed by atoms with E-state index in [-0.39, 0.29) is 17.5 Å². The maximum absolute atomic E-state index is 13.9. The Labute approximate surface area is 177 Å². The monoisotopic (exact) mass is 395 g/mol. The van der Waals surface area contributed by atoms with Crippen molar-refractivity contribution < 1.29 is 9.59 Å². The Morgan fingerprint density at radius 3 is 1.93 bits per heavy atom. The van der Waals surface area contributed by atoms with Crippen molar-refractivity contribution in [1.29, 1.82) is 0 Å². The molecule has 2 atom stereocenters. The van der Waals surface area contributed by atoms with Gasteiger partial charge in [0.05, 0.1) is 0 Å². The summed E-state index contributed by atoms with van der Waals surface area (Å²) in [5.74, 6) is -0.303. The smallest absolute Gasteiger partial charge is 0.186 e. The Kier molecular flexibility index (Phi) is 5.37. The molecule has 3 nitrogen and oxygen atoms in total. The van der Waals surface area contributed by atoms with Gasteiger partial charge in [-0.25, -0.2) is 0 Å². The highest BCUT2D eigenvalue weighted by Crippen LogP contribution is 2.45. The second kappa shape index (κ2) is 8.11. The maximum Gasteiger partial charge on any atom is 0.186 e. The Hall–Kier alpha value is -3.46. The molecule has 0 aromatic heterocycles. The SMILES string of the molecule is CC(=O)C1=C(C)N(c2ccccc2C)C(C(=O)c2ccccc2)C1c1ccccc1. The van der Waals surface area contributed by atoms with Crippen molar-refractivity contribution in [3.05, 3.63) is 113 Å². The lowest BCUT2D eigenvalue weighted by Gasteiger charge is -2.32. The topological polar surface area (TPSA) is 37.4 Å². The molecule has 0 fully saturated rings. The number of aryl methyl sites for hydroxylation is 1. The van der Waals surface area contributed by atoms with Gasteiger partial charge in [-0.15, -0.1) is 0 Å². The quantitative estimate of drug-likeness (QED) is 0.519. The van der Waals surface area contributed by atoms with Gasteiger partial charge in [-0.2, -0.15) is 0 Å². The van der Waals surface area contributed by atoms with Crippen molar-refractivity contribution in [3.8, 4) is 0 Å². The zero-order valence-electron chi connectivity index (χ0n) is 17.5. The van der Waals surface area contributed by atoms with E-state index in [0.29, 0.717) is 11.1 Å². The van der Waals surface area contributed by atoms with Crippen LogP contribution in [0, 0.1) is 6.92 Å². The fourth-order valence-corrected chi connectivity index (χ4v) is 4.56. The molecule has 0 radical (unpaired) electrons. The zero-order chi connectivity index (χ0) is 21.3. The van der Waals surface area contributed by atoms with Gasteiger partial charge in [0.15, 0.2) is 11.6 Å². The summed E-state index contributed by atoms with van der Waals surface area (Å²) in [5.41, 5.74) is 5.21. The fraction of sp³-hybridized carbons (Fsp3) is 0.185. The molecule has 2 unspecified atom stereocenters. The molecule has 0 spiro atoms. The molecule has 0 saturated carbocycles. The van der Waals surface area contributed by atoms with E-state index < -0.39 is 6.04 Å². The third-order valence-corrected chi connectivity index (χ3v) is 5.90. The van der Waals surface area contributed by atoms with Crippen LogP contribution in [0.4, 0.5) is 5.69 Å². The van der Waals surface area contributed by atoms with Crippen LogP contribution >= 0.6 is 0 Å². The number of rotatable bonds is 5. The molecule has 0 amide bonds. The molecule has 0 N–H and O–H groups in total. The Morgan fingerprint density at radius 1 is 0.767 bits per heavy atom. The van der Waals surface area contributed by atoms with Gasteiger partial charge in [0.25, 0.3) is 0 Å². The molecule has 0 bridgehead atoms. The molecular weight excluding hydrogens is 370 g/mol. The third-order valence-electron chi connectivity index (χ3n) is 5.90. The Balaban J connectivity index is 1.96. The van der Waals surface area contributed by atoms with Gasteiger partial charge in [0.2, 0.25) is 0 Å². The van der Waals surface area contributed by atoms with Crippen molar-refractivity contribution in [3.63, 3.8) is 0 Å².